The summed E-state index contributed by atoms with van der Waals surface area (Å²) in [5.74, 6) is -0.272. The van der Waals surface area contributed by atoms with Crippen molar-refractivity contribution in [3.05, 3.63) is 115 Å². The Labute approximate surface area is 239 Å². The molecule has 40 heavy (non-hydrogen) atoms. The molecule has 1 fully saturated rings. The predicted molar refractivity (Wildman–Crippen MR) is 162 cm³/mol. The number of benzene rings is 3. The fourth-order valence-corrected chi connectivity index (χ4v) is 11.5. The average Bonchev–Trinajstić information content (AvgIpc) is 3.08. The number of allylic oxidation sites excluding steroid dienone is 2. The highest BCUT2D eigenvalue weighted by Gasteiger charge is 2.52. The molecule has 2 aliphatic rings. The van der Waals surface area contributed by atoms with Crippen LogP contribution in [-0.2, 0) is 23.5 Å². The molecular weight excluding hydrogens is 537 g/mol. The Balaban J connectivity index is 1.46. The molecule has 2 aliphatic heterocycles. The third kappa shape index (κ3) is 5.67. The lowest BCUT2D eigenvalue weighted by Crippen LogP contribution is -2.67. The topological polar surface area (TPSA) is 61.8 Å². The van der Waals surface area contributed by atoms with E-state index in [9.17, 15) is 8.42 Å². The molecule has 1 saturated heterocycles. The minimum Gasteiger partial charge on any atom is -0.407 e. The number of hydrogen-bond donors (Lipinski definition) is 0. The van der Waals surface area contributed by atoms with Crippen LogP contribution in [0.2, 0.25) is 5.04 Å². The van der Waals surface area contributed by atoms with Crippen LogP contribution in [0.25, 0.3) is 0 Å². The number of rotatable bonds is 9. The fraction of sp³-hybridized carbons (Fsp3) is 0.333. The van der Waals surface area contributed by atoms with Gasteiger partial charge in [0.1, 0.15) is 0 Å². The minimum atomic E-state index is -3.91. The first-order valence-corrected chi connectivity index (χ1v) is 17.1. The highest BCUT2D eigenvalue weighted by atomic mass is 32.2. The number of aryl methyl sites for hydroxylation is 1. The lowest BCUT2D eigenvalue weighted by atomic mass is 9.87. The van der Waals surface area contributed by atoms with E-state index in [1.54, 1.807) is 24.3 Å². The molecule has 7 heteroatoms. The maximum Gasteiger partial charge on any atom is 0.296 e. The van der Waals surface area contributed by atoms with Crippen molar-refractivity contribution in [2.45, 2.75) is 49.8 Å². The van der Waals surface area contributed by atoms with Gasteiger partial charge in [0.15, 0.2) is 0 Å². The minimum absolute atomic E-state index is 0.0182. The number of hydrogen-bond acceptors (Lipinski definition) is 5. The third-order valence-electron chi connectivity index (χ3n) is 8.06. The summed E-state index contributed by atoms with van der Waals surface area (Å²) in [5.41, 5.74) is 0.991. The van der Waals surface area contributed by atoms with Gasteiger partial charge in [-0.05, 0) is 34.5 Å². The van der Waals surface area contributed by atoms with E-state index in [-0.39, 0.29) is 40.6 Å². The van der Waals surface area contributed by atoms with E-state index in [1.165, 1.54) is 10.4 Å². The van der Waals surface area contributed by atoms with E-state index >= 15 is 0 Å². The molecule has 5 rings (SSSR count). The Kier molecular flexibility index (Phi) is 8.31. The summed E-state index contributed by atoms with van der Waals surface area (Å²) < 4.78 is 45.4. The van der Waals surface area contributed by atoms with Gasteiger partial charge in [-0.3, -0.25) is 4.18 Å². The maximum absolute atomic E-state index is 13.1. The van der Waals surface area contributed by atoms with Crippen molar-refractivity contribution in [1.29, 1.82) is 0 Å². The zero-order valence-corrected chi connectivity index (χ0v) is 25.4. The molecule has 210 valence electrons. The molecule has 0 aromatic heterocycles. The molecule has 4 atom stereocenters. The Morgan fingerprint density at radius 2 is 1.25 bits per heavy atom. The summed E-state index contributed by atoms with van der Waals surface area (Å²) in [6.07, 6.45) is 7.54. The van der Waals surface area contributed by atoms with Crippen LogP contribution in [0.1, 0.15) is 26.3 Å². The Hall–Kier alpha value is -2.81. The van der Waals surface area contributed by atoms with E-state index in [1.807, 2.05) is 43.4 Å². The van der Waals surface area contributed by atoms with Crippen LogP contribution < -0.4 is 10.4 Å². The Bertz CT molecular complexity index is 1400. The van der Waals surface area contributed by atoms with Gasteiger partial charge in [0.2, 0.25) is 0 Å². The van der Waals surface area contributed by atoms with Crippen LogP contribution in [0.15, 0.2) is 114 Å². The van der Waals surface area contributed by atoms with Gasteiger partial charge in [-0.2, -0.15) is 8.42 Å². The summed E-state index contributed by atoms with van der Waals surface area (Å²) in [7, 11) is -6.69. The second-order valence-electron chi connectivity index (χ2n) is 11.7. The summed E-state index contributed by atoms with van der Waals surface area (Å²) in [4.78, 5) is 0.160. The lowest BCUT2D eigenvalue weighted by molar-refractivity contribution is 0.0756. The molecule has 0 unspecified atom stereocenters. The maximum atomic E-state index is 13.1. The number of fused-ring (bicyclic) bond motifs is 2. The molecule has 5 nitrogen and oxygen atoms in total. The van der Waals surface area contributed by atoms with E-state index in [2.05, 4.69) is 69.3 Å². The fourth-order valence-electron chi connectivity index (χ4n) is 5.95. The number of ether oxygens (including phenoxy) is 1. The van der Waals surface area contributed by atoms with Crippen molar-refractivity contribution in [2.75, 3.05) is 13.2 Å². The van der Waals surface area contributed by atoms with Gasteiger partial charge in [0, 0.05) is 18.4 Å². The van der Waals surface area contributed by atoms with Gasteiger partial charge < -0.3 is 9.16 Å². The van der Waals surface area contributed by atoms with Crippen molar-refractivity contribution >= 4 is 28.8 Å². The zero-order valence-electron chi connectivity index (χ0n) is 23.6. The first kappa shape index (κ1) is 28.7. The van der Waals surface area contributed by atoms with Crippen LogP contribution >= 0.6 is 0 Å². The Morgan fingerprint density at radius 3 is 1.75 bits per heavy atom. The first-order chi connectivity index (χ1) is 19.1. The average molecular weight is 575 g/mol. The van der Waals surface area contributed by atoms with E-state index in [0.29, 0.717) is 6.61 Å². The van der Waals surface area contributed by atoms with Gasteiger partial charge >= 0.3 is 0 Å². The van der Waals surface area contributed by atoms with Crippen molar-refractivity contribution in [3.8, 4) is 0 Å². The summed E-state index contributed by atoms with van der Waals surface area (Å²) >= 11 is 0. The van der Waals surface area contributed by atoms with Crippen LogP contribution in [0.5, 0.6) is 0 Å². The van der Waals surface area contributed by atoms with Gasteiger partial charge in [-0.15, -0.1) is 0 Å². The summed E-state index contributed by atoms with van der Waals surface area (Å²) in [5, 5.41) is 2.24. The second kappa shape index (κ2) is 11.6. The SMILES string of the molecule is Cc1ccc(S(=O)(=O)OC[C@H]2[C@@H](CO[Si](c3ccccc3)(c3ccccc3)C(C)(C)C)[C@@H]3C=CC=C[C@H]2O3)cc1. The largest absolute Gasteiger partial charge is 0.407 e. The standard InChI is InChI=1S/C33H38O5SSi/c1-25-19-21-26(22-20-25)39(34,35)36-23-29-30(32-18-12-11-17-31(29)38-32)24-37-40(33(2,3)4,27-13-7-5-8-14-27)28-15-9-6-10-16-28/h5-22,29-32H,23-24H2,1-4H3/t29-,30+,31+,32-/m0/s1. The molecule has 3 aromatic rings. The van der Waals surface area contributed by atoms with Crippen LogP contribution in [-0.4, -0.2) is 42.2 Å². The van der Waals surface area contributed by atoms with Crippen molar-refractivity contribution in [2.24, 2.45) is 11.8 Å². The molecule has 0 N–H and O–H groups in total. The van der Waals surface area contributed by atoms with Crippen molar-refractivity contribution in [3.63, 3.8) is 0 Å². The monoisotopic (exact) mass is 574 g/mol. The van der Waals surface area contributed by atoms with Crippen LogP contribution in [0.4, 0.5) is 0 Å². The molecule has 2 bridgehead atoms. The second-order valence-corrected chi connectivity index (χ2v) is 17.6. The third-order valence-corrected chi connectivity index (χ3v) is 14.4. The van der Waals surface area contributed by atoms with Crippen molar-refractivity contribution < 1.29 is 21.8 Å². The molecule has 0 amide bonds. The zero-order chi connectivity index (χ0) is 28.4. The van der Waals surface area contributed by atoms with Gasteiger partial charge in [0.25, 0.3) is 18.4 Å². The van der Waals surface area contributed by atoms with E-state index in [4.69, 9.17) is 13.3 Å². The Morgan fingerprint density at radius 1 is 0.750 bits per heavy atom. The van der Waals surface area contributed by atoms with Gasteiger partial charge in [0.05, 0.1) is 23.7 Å². The predicted octanol–water partition coefficient (Wildman–Crippen LogP) is 5.40. The molecule has 0 radical (unpaired) electrons. The van der Waals surface area contributed by atoms with E-state index in [0.717, 1.165) is 5.56 Å². The van der Waals surface area contributed by atoms with Crippen LogP contribution in [0, 0.1) is 18.8 Å². The van der Waals surface area contributed by atoms with Crippen molar-refractivity contribution in [1.82, 2.24) is 0 Å². The molecule has 0 spiro atoms. The smallest absolute Gasteiger partial charge is 0.296 e. The molecular formula is C33H38O5SSi. The molecule has 3 aromatic carbocycles. The normalized spacial score (nSPS) is 22.8. The molecule has 0 aliphatic carbocycles. The van der Waals surface area contributed by atoms with E-state index < -0.39 is 18.4 Å². The lowest BCUT2D eigenvalue weighted by Gasteiger charge is -2.44. The summed E-state index contributed by atoms with van der Waals surface area (Å²) in [6, 6.07) is 27.8. The first-order valence-electron chi connectivity index (χ1n) is 13.8. The van der Waals surface area contributed by atoms with Gasteiger partial charge in [-0.25, -0.2) is 0 Å². The molecule has 2 heterocycles. The highest BCUT2D eigenvalue weighted by molar-refractivity contribution is 7.86. The van der Waals surface area contributed by atoms with Crippen LogP contribution in [0.3, 0.4) is 0 Å². The van der Waals surface area contributed by atoms with Gasteiger partial charge in [-0.1, -0.05) is 123 Å². The summed E-state index contributed by atoms with van der Waals surface area (Å²) in [6.45, 7) is 9.13. The quantitative estimate of drug-likeness (QED) is 0.253. The molecule has 0 saturated carbocycles. The highest BCUT2D eigenvalue weighted by Crippen LogP contribution is 2.41.